The molecule has 0 saturated heterocycles. The zero-order chi connectivity index (χ0) is 10.9. The van der Waals surface area contributed by atoms with Crippen LogP contribution in [0.3, 0.4) is 0 Å². The van der Waals surface area contributed by atoms with Crippen LogP contribution in [0.4, 0.5) is 5.69 Å². The van der Waals surface area contributed by atoms with Gasteiger partial charge in [0, 0.05) is 5.41 Å². The fourth-order valence-electron chi connectivity index (χ4n) is 0.899. The third kappa shape index (κ3) is 1.95. The fourth-order valence-corrected chi connectivity index (χ4v) is 0.899. The lowest BCUT2D eigenvalue weighted by Crippen LogP contribution is -2.23. The Hall–Kier alpha value is -1.72. The summed E-state index contributed by atoms with van der Waals surface area (Å²) < 4.78 is 0. The summed E-state index contributed by atoms with van der Waals surface area (Å²) in [5, 5.41) is 10.3. The van der Waals surface area contributed by atoms with Crippen LogP contribution in [-0.2, 0) is 5.41 Å². The average molecular weight is 197 g/mol. The van der Waals surface area contributed by atoms with Gasteiger partial charge in [0.15, 0.2) is 0 Å². The molecule has 0 atom stereocenters. The molecule has 6 nitrogen and oxygen atoms in total. The molecule has 0 aliphatic carbocycles. The number of aromatic amines is 1. The van der Waals surface area contributed by atoms with Crippen LogP contribution in [-0.4, -0.2) is 14.9 Å². The lowest BCUT2D eigenvalue weighted by molar-refractivity contribution is -0.386. The first-order valence-corrected chi connectivity index (χ1v) is 4.06. The highest BCUT2D eigenvalue weighted by atomic mass is 16.6. The number of rotatable bonds is 1. The van der Waals surface area contributed by atoms with Crippen LogP contribution in [0, 0.1) is 10.1 Å². The summed E-state index contributed by atoms with van der Waals surface area (Å²) in [5.41, 5.74) is -1.57. The molecule has 0 unspecified atom stereocenters. The summed E-state index contributed by atoms with van der Waals surface area (Å²) >= 11 is 0. The Bertz CT molecular complexity index is 417. The second kappa shape index (κ2) is 3.21. The van der Waals surface area contributed by atoms with E-state index >= 15 is 0 Å². The predicted molar refractivity (Wildman–Crippen MR) is 50.2 cm³/mol. The zero-order valence-corrected chi connectivity index (χ0v) is 8.20. The number of hydrogen-bond acceptors (Lipinski definition) is 4. The molecule has 0 spiro atoms. The minimum atomic E-state index is -0.752. The lowest BCUT2D eigenvalue weighted by Gasteiger charge is -2.15. The van der Waals surface area contributed by atoms with Gasteiger partial charge in [-0.3, -0.25) is 14.9 Å². The molecule has 1 aromatic rings. The Balaban J connectivity index is 3.27. The first kappa shape index (κ1) is 10.4. The molecular formula is C8H11N3O3. The summed E-state index contributed by atoms with van der Waals surface area (Å²) in [6, 6.07) is 0. The van der Waals surface area contributed by atoms with Crippen LogP contribution in [0.15, 0.2) is 11.0 Å². The van der Waals surface area contributed by atoms with E-state index in [0.717, 1.165) is 6.20 Å². The zero-order valence-electron chi connectivity index (χ0n) is 8.20. The molecule has 0 aliphatic rings. The van der Waals surface area contributed by atoms with E-state index in [1.165, 1.54) is 0 Å². The van der Waals surface area contributed by atoms with E-state index in [-0.39, 0.29) is 5.41 Å². The Kier molecular flexibility index (Phi) is 2.37. The first-order valence-electron chi connectivity index (χ1n) is 4.06. The highest BCUT2D eigenvalue weighted by molar-refractivity contribution is 5.22. The second-order valence-corrected chi connectivity index (χ2v) is 3.95. The normalized spacial score (nSPS) is 11.4. The molecule has 1 aromatic heterocycles. The number of aromatic nitrogens is 2. The molecule has 1 N–H and O–H groups in total. The van der Waals surface area contributed by atoms with Crippen molar-refractivity contribution in [1.29, 1.82) is 0 Å². The quantitative estimate of drug-likeness (QED) is 0.536. The maximum Gasteiger partial charge on any atom is 0.351 e. The molecule has 0 saturated carbocycles. The van der Waals surface area contributed by atoms with E-state index in [1.807, 2.05) is 20.8 Å². The van der Waals surface area contributed by atoms with Gasteiger partial charge < -0.3 is 4.98 Å². The molecule has 0 aromatic carbocycles. The number of hydrogen-bond donors (Lipinski definition) is 1. The summed E-state index contributed by atoms with van der Waals surface area (Å²) in [7, 11) is 0. The minimum Gasteiger partial charge on any atom is -0.304 e. The van der Waals surface area contributed by atoms with Gasteiger partial charge in [-0.1, -0.05) is 20.8 Å². The summed E-state index contributed by atoms with van der Waals surface area (Å²) in [6.07, 6.45) is 0.986. The predicted octanol–water partition coefficient (Wildman–Crippen LogP) is 0.976. The van der Waals surface area contributed by atoms with Crippen LogP contribution in [0.1, 0.15) is 26.6 Å². The van der Waals surface area contributed by atoms with Crippen molar-refractivity contribution in [2.75, 3.05) is 0 Å². The highest BCUT2D eigenvalue weighted by Gasteiger charge is 2.20. The van der Waals surface area contributed by atoms with E-state index < -0.39 is 16.2 Å². The molecule has 14 heavy (non-hydrogen) atoms. The van der Waals surface area contributed by atoms with Crippen molar-refractivity contribution in [3.05, 3.63) is 32.5 Å². The number of nitro groups is 1. The topological polar surface area (TPSA) is 88.9 Å². The molecular weight excluding hydrogens is 186 g/mol. The van der Waals surface area contributed by atoms with Crippen molar-refractivity contribution in [1.82, 2.24) is 9.97 Å². The van der Waals surface area contributed by atoms with Crippen LogP contribution in [0.25, 0.3) is 0 Å². The van der Waals surface area contributed by atoms with Gasteiger partial charge in [-0.05, 0) is 0 Å². The summed E-state index contributed by atoms with van der Waals surface area (Å²) in [6.45, 7) is 5.57. The van der Waals surface area contributed by atoms with Crippen molar-refractivity contribution >= 4 is 5.69 Å². The van der Waals surface area contributed by atoms with Crippen molar-refractivity contribution in [2.45, 2.75) is 26.2 Å². The molecule has 0 amide bonds. The monoisotopic (exact) mass is 197 g/mol. The van der Waals surface area contributed by atoms with Crippen LogP contribution in [0.5, 0.6) is 0 Å². The Morgan fingerprint density at radius 2 is 2.07 bits per heavy atom. The third-order valence-corrected chi connectivity index (χ3v) is 1.69. The van der Waals surface area contributed by atoms with Gasteiger partial charge in [0.1, 0.15) is 12.0 Å². The van der Waals surface area contributed by atoms with Crippen LogP contribution >= 0.6 is 0 Å². The SMILES string of the molecule is CC(C)(C)c1ncc([N+](=O)[O-])c(=O)[nH]1. The standard InChI is InChI=1S/C8H11N3O3/c1-8(2,3)7-9-4-5(11(13)14)6(12)10-7/h4H,1-3H3,(H,9,10,12). The van der Waals surface area contributed by atoms with Crippen molar-refractivity contribution in [3.8, 4) is 0 Å². The van der Waals surface area contributed by atoms with Gasteiger partial charge in [-0.25, -0.2) is 4.98 Å². The molecule has 0 fully saturated rings. The largest absolute Gasteiger partial charge is 0.351 e. The van der Waals surface area contributed by atoms with Gasteiger partial charge in [0.25, 0.3) is 0 Å². The summed E-state index contributed by atoms with van der Waals surface area (Å²) in [5.74, 6) is 0.438. The maximum atomic E-state index is 11.2. The second-order valence-electron chi connectivity index (χ2n) is 3.95. The maximum absolute atomic E-state index is 11.2. The van der Waals surface area contributed by atoms with Gasteiger partial charge in [-0.2, -0.15) is 0 Å². The van der Waals surface area contributed by atoms with E-state index in [0.29, 0.717) is 5.82 Å². The molecule has 0 radical (unpaired) electrons. The van der Waals surface area contributed by atoms with E-state index in [1.54, 1.807) is 0 Å². The van der Waals surface area contributed by atoms with Gasteiger partial charge in [0.2, 0.25) is 0 Å². The van der Waals surface area contributed by atoms with Gasteiger partial charge in [-0.15, -0.1) is 0 Å². The number of nitrogens with one attached hydrogen (secondary N) is 1. The third-order valence-electron chi connectivity index (χ3n) is 1.69. The van der Waals surface area contributed by atoms with E-state index in [2.05, 4.69) is 9.97 Å². The lowest BCUT2D eigenvalue weighted by atomic mass is 9.96. The van der Waals surface area contributed by atoms with Crippen molar-refractivity contribution in [3.63, 3.8) is 0 Å². The van der Waals surface area contributed by atoms with E-state index in [4.69, 9.17) is 0 Å². The smallest absolute Gasteiger partial charge is 0.304 e. The fraction of sp³-hybridized carbons (Fsp3) is 0.500. The first-order chi connectivity index (χ1) is 6.32. The molecule has 6 heteroatoms. The van der Waals surface area contributed by atoms with Gasteiger partial charge in [0.05, 0.1) is 4.92 Å². The Morgan fingerprint density at radius 1 is 1.50 bits per heavy atom. The van der Waals surface area contributed by atoms with Gasteiger partial charge >= 0.3 is 11.2 Å². The van der Waals surface area contributed by atoms with Crippen molar-refractivity contribution < 1.29 is 4.92 Å². The number of H-pyrrole nitrogens is 1. The van der Waals surface area contributed by atoms with Crippen LogP contribution in [0.2, 0.25) is 0 Å². The Labute approximate surface area is 80.1 Å². The number of nitrogens with zero attached hydrogens (tertiary/aromatic N) is 2. The molecule has 1 heterocycles. The summed E-state index contributed by atoms with van der Waals surface area (Å²) in [4.78, 5) is 27.0. The Morgan fingerprint density at radius 3 is 2.43 bits per heavy atom. The van der Waals surface area contributed by atoms with Crippen LogP contribution < -0.4 is 5.56 Å². The molecule has 76 valence electrons. The molecule has 0 bridgehead atoms. The average Bonchev–Trinajstić information content (AvgIpc) is 2.01. The molecule has 1 rings (SSSR count). The minimum absolute atomic E-state index is 0.325. The molecule has 0 aliphatic heterocycles. The highest BCUT2D eigenvalue weighted by Crippen LogP contribution is 2.16. The van der Waals surface area contributed by atoms with E-state index in [9.17, 15) is 14.9 Å². The van der Waals surface area contributed by atoms with Crippen molar-refractivity contribution in [2.24, 2.45) is 0 Å².